The van der Waals surface area contributed by atoms with Crippen LogP contribution in [0.3, 0.4) is 0 Å². The van der Waals surface area contributed by atoms with Crippen molar-refractivity contribution >= 4 is 31.4 Å². The Morgan fingerprint density at radius 1 is 1.00 bits per heavy atom. The van der Waals surface area contributed by atoms with Gasteiger partial charge in [-0.15, -0.1) is 0 Å². The molecule has 2 heterocycles. The summed E-state index contributed by atoms with van der Waals surface area (Å²) in [6, 6.07) is 17.5. The third-order valence-electron chi connectivity index (χ3n) is 4.53. The van der Waals surface area contributed by atoms with Gasteiger partial charge in [0.1, 0.15) is 11.8 Å². The maximum Gasteiger partial charge on any atom is 0.279 e. The van der Waals surface area contributed by atoms with Crippen LogP contribution >= 0.6 is 0 Å². The first-order valence-corrected chi connectivity index (χ1v) is 12.4. The summed E-state index contributed by atoms with van der Waals surface area (Å²) in [7, 11) is -7.36. The predicted octanol–water partition coefficient (Wildman–Crippen LogP) is 3.19. The summed E-state index contributed by atoms with van der Waals surface area (Å²) in [5.41, 5.74) is 1.50. The lowest BCUT2D eigenvalue weighted by atomic mass is 10.0. The van der Waals surface area contributed by atoms with Crippen molar-refractivity contribution in [2.75, 3.05) is 11.0 Å². The molecule has 0 amide bonds. The minimum Gasteiger partial charge on any atom is -0.467 e. The summed E-state index contributed by atoms with van der Waals surface area (Å²) >= 11 is 0. The number of anilines is 1. The molecule has 1 aromatic heterocycles. The number of nitrogens with one attached hydrogen (secondary N) is 1. The van der Waals surface area contributed by atoms with E-state index in [9.17, 15) is 16.8 Å². The minimum absolute atomic E-state index is 0.124. The fraction of sp³-hybridized carbons (Fsp3) is 0.150. The van der Waals surface area contributed by atoms with E-state index in [0.717, 1.165) is 10.7 Å². The fourth-order valence-electron chi connectivity index (χ4n) is 3.25. The largest absolute Gasteiger partial charge is 0.467 e. The molecule has 0 bridgehead atoms. The van der Waals surface area contributed by atoms with E-state index >= 15 is 0 Å². The third-order valence-corrected chi connectivity index (χ3v) is 6.83. The molecule has 0 radical (unpaired) electrons. The van der Waals surface area contributed by atoms with Gasteiger partial charge in [0, 0.05) is 12.1 Å². The number of rotatable bonds is 6. The number of nitrogens with zero attached hydrogens (tertiary/aromatic N) is 2. The second kappa shape index (κ2) is 7.62. The van der Waals surface area contributed by atoms with E-state index in [1.54, 1.807) is 54.6 Å². The van der Waals surface area contributed by atoms with Crippen molar-refractivity contribution in [2.24, 2.45) is 5.10 Å². The van der Waals surface area contributed by atoms with E-state index < -0.39 is 26.1 Å². The van der Waals surface area contributed by atoms with Gasteiger partial charge in [-0.1, -0.05) is 30.3 Å². The number of hydrogen-bond donors (Lipinski definition) is 1. The van der Waals surface area contributed by atoms with Gasteiger partial charge < -0.3 is 4.42 Å². The second-order valence-corrected chi connectivity index (χ2v) is 10.4. The average Bonchev–Trinajstić information content (AvgIpc) is 3.37. The normalized spacial score (nSPS) is 17.0. The number of benzene rings is 2. The van der Waals surface area contributed by atoms with Crippen LogP contribution in [-0.4, -0.2) is 33.2 Å². The summed E-state index contributed by atoms with van der Waals surface area (Å²) in [4.78, 5) is 0.124. The Labute approximate surface area is 174 Å². The molecule has 0 saturated heterocycles. The summed E-state index contributed by atoms with van der Waals surface area (Å²) in [5, 5.41) is 4.41. The summed E-state index contributed by atoms with van der Waals surface area (Å²) in [6.45, 7) is 0. The first-order valence-electron chi connectivity index (χ1n) is 9.03. The molecule has 30 heavy (non-hydrogen) atoms. The molecule has 0 fully saturated rings. The summed E-state index contributed by atoms with van der Waals surface area (Å²) in [6.07, 6.45) is 2.83. The van der Waals surface area contributed by atoms with Gasteiger partial charge in [0.25, 0.3) is 10.0 Å². The second-order valence-electron chi connectivity index (χ2n) is 6.83. The third kappa shape index (κ3) is 4.10. The van der Waals surface area contributed by atoms with Gasteiger partial charge in [-0.05, 0) is 42.0 Å². The highest BCUT2D eigenvalue weighted by Crippen LogP contribution is 2.37. The van der Waals surface area contributed by atoms with Crippen LogP contribution in [0, 0.1) is 0 Å². The van der Waals surface area contributed by atoms with Gasteiger partial charge in [-0.25, -0.2) is 8.42 Å². The first kappa shape index (κ1) is 20.2. The average molecular weight is 446 g/mol. The zero-order valence-corrected chi connectivity index (χ0v) is 17.6. The standard InChI is InChI=1S/C20H19N3O5S2/c1-29(24,25)22-16-8-5-7-15(13-16)18-14-19(20-11-6-12-28-20)23(21-18)30(26,27)17-9-3-2-4-10-17/h2-13,19,22H,14H2,1H3/t19-/m1/s1. The molecule has 0 aliphatic carbocycles. The molecule has 0 saturated carbocycles. The Balaban J connectivity index is 1.76. The SMILES string of the molecule is CS(=O)(=O)Nc1cccc(C2=NN(S(=O)(=O)c3ccccc3)[C@@H](c3ccco3)C2)c1. The maximum atomic E-state index is 13.3. The van der Waals surface area contributed by atoms with Crippen molar-refractivity contribution < 1.29 is 21.3 Å². The van der Waals surface area contributed by atoms with Crippen molar-refractivity contribution in [3.05, 3.63) is 84.3 Å². The molecule has 156 valence electrons. The number of sulfonamides is 2. The van der Waals surface area contributed by atoms with Crippen molar-refractivity contribution in [1.29, 1.82) is 0 Å². The Kier molecular flexibility index (Phi) is 5.12. The fourth-order valence-corrected chi connectivity index (χ4v) is 5.25. The highest BCUT2D eigenvalue weighted by atomic mass is 32.2. The molecule has 0 unspecified atom stereocenters. The van der Waals surface area contributed by atoms with Crippen LogP contribution in [0.4, 0.5) is 5.69 Å². The molecule has 2 aromatic carbocycles. The molecule has 3 aromatic rings. The van der Waals surface area contributed by atoms with Crippen LogP contribution in [0.5, 0.6) is 0 Å². The Morgan fingerprint density at radius 3 is 2.43 bits per heavy atom. The Hall–Kier alpha value is -3.11. The summed E-state index contributed by atoms with van der Waals surface area (Å²) in [5.74, 6) is 0.471. The van der Waals surface area contributed by atoms with Gasteiger partial charge in [0.15, 0.2) is 0 Å². The van der Waals surface area contributed by atoms with Crippen LogP contribution in [0.15, 0.2) is 87.4 Å². The van der Waals surface area contributed by atoms with E-state index in [2.05, 4.69) is 9.82 Å². The number of hydrogen-bond acceptors (Lipinski definition) is 6. The molecular formula is C20H19N3O5S2. The maximum absolute atomic E-state index is 13.3. The van der Waals surface area contributed by atoms with Crippen molar-refractivity contribution in [1.82, 2.24) is 4.41 Å². The van der Waals surface area contributed by atoms with Gasteiger partial charge >= 0.3 is 0 Å². The number of hydrazone groups is 1. The highest BCUT2D eigenvalue weighted by Gasteiger charge is 2.39. The van der Waals surface area contributed by atoms with Crippen LogP contribution < -0.4 is 4.72 Å². The highest BCUT2D eigenvalue weighted by molar-refractivity contribution is 7.92. The smallest absolute Gasteiger partial charge is 0.279 e. The van der Waals surface area contributed by atoms with Crippen LogP contribution in [-0.2, 0) is 20.0 Å². The van der Waals surface area contributed by atoms with Gasteiger partial charge in [-0.3, -0.25) is 4.72 Å². The topological polar surface area (TPSA) is 109 Å². The van der Waals surface area contributed by atoms with Crippen molar-refractivity contribution in [3.63, 3.8) is 0 Å². The van der Waals surface area contributed by atoms with E-state index in [-0.39, 0.29) is 11.3 Å². The molecule has 1 aliphatic rings. The van der Waals surface area contributed by atoms with Gasteiger partial charge in [-0.2, -0.15) is 17.9 Å². The predicted molar refractivity (Wildman–Crippen MR) is 113 cm³/mol. The molecule has 4 rings (SSSR count). The lowest BCUT2D eigenvalue weighted by Crippen LogP contribution is -2.27. The first-order chi connectivity index (χ1) is 14.2. The molecule has 0 spiro atoms. The van der Waals surface area contributed by atoms with Crippen molar-refractivity contribution in [3.8, 4) is 0 Å². The molecular weight excluding hydrogens is 426 g/mol. The van der Waals surface area contributed by atoms with E-state index in [0.29, 0.717) is 22.7 Å². The molecule has 1 atom stereocenters. The Morgan fingerprint density at radius 2 is 1.77 bits per heavy atom. The molecule has 1 aliphatic heterocycles. The van der Waals surface area contributed by atoms with Crippen LogP contribution in [0.2, 0.25) is 0 Å². The lowest BCUT2D eigenvalue weighted by molar-refractivity contribution is 0.320. The minimum atomic E-state index is -3.92. The lowest BCUT2D eigenvalue weighted by Gasteiger charge is -2.21. The Bertz CT molecular complexity index is 1290. The van der Waals surface area contributed by atoms with Crippen LogP contribution in [0.1, 0.15) is 23.8 Å². The molecule has 1 N–H and O–H groups in total. The van der Waals surface area contributed by atoms with Crippen molar-refractivity contribution in [2.45, 2.75) is 17.4 Å². The van der Waals surface area contributed by atoms with E-state index in [1.165, 1.54) is 18.4 Å². The zero-order chi connectivity index (χ0) is 21.4. The van der Waals surface area contributed by atoms with Gasteiger partial charge in [0.2, 0.25) is 10.0 Å². The zero-order valence-electron chi connectivity index (χ0n) is 16.0. The monoisotopic (exact) mass is 445 g/mol. The van der Waals surface area contributed by atoms with E-state index in [4.69, 9.17) is 4.42 Å². The van der Waals surface area contributed by atoms with Gasteiger partial charge in [0.05, 0.1) is 23.1 Å². The molecule has 10 heteroatoms. The van der Waals surface area contributed by atoms with Crippen LogP contribution in [0.25, 0.3) is 0 Å². The number of furan rings is 1. The quantitative estimate of drug-likeness (QED) is 0.627. The van der Waals surface area contributed by atoms with E-state index in [1.807, 2.05) is 0 Å². The summed E-state index contributed by atoms with van der Waals surface area (Å²) < 4.78 is 58.6. The molecule has 8 nitrogen and oxygen atoms in total.